The van der Waals surface area contributed by atoms with Crippen LogP contribution in [0.4, 0.5) is 0 Å². The minimum absolute atomic E-state index is 0.0470. The maximum atomic E-state index is 12.7. The average molecular weight is 472 g/mol. The number of β-lactam (4-membered cyclic amide) rings is 1. The summed E-state index contributed by atoms with van der Waals surface area (Å²) in [5, 5.41) is 2.39. The molecule has 4 atom stereocenters. The molecule has 146 valence electrons. The number of hydrogen-bond donors (Lipinski definition) is 1. The fraction of sp³-hybridized carbons (Fsp3) is 0.643. The van der Waals surface area contributed by atoms with Crippen LogP contribution in [0.5, 0.6) is 0 Å². The second-order valence-electron chi connectivity index (χ2n) is 6.80. The summed E-state index contributed by atoms with van der Waals surface area (Å²) in [6.07, 6.45) is 2.03. The predicted molar refractivity (Wildman–Crippen MR) is 101 cm³/mol. The molecule has 0 spiro atoms. The van der Waals surface area contributed by atoms with Gasteiger partial charge < -0.3 is 15.0 Å². The number of thioether (sulfide) groups is 1. The fourth-order valence-electron chi connectivity index (χ4n) is 3.62. The van der Waals surface area contributed by atoms with Crippen molar-refractivity contribution in [2.24, 2.45) is 0 Å². The molecule has 0 aromatic carbocycles. The van der Waals surface area contributed by atoms with Crippen molar-refractivity contribution in [1.82, 2.24) is 19.0 Å². The molecular weight excluding hydrogens is 459 g/mol. The van der Waals surface area contributed by atoms with Gasteiger partial charge in [0.2, 0.25) is 15.6 Å². The van der Waals surface area contributed by atoms with Crippen molar-refractivity contribution in [3.63, 3.8) is 0 Å². The number of rotatable bonds is 5. The van der Waals surface area contributed by atoms with Gasteiger partial charge in [-0.3, -0.25) is 9.59 Å². The second kappa shape index (κ2) is 6.35. The molecule has 2 amide bonds. The molecule has 2 saturated heterocycles. The Morgan fingerprint density at radius 3 is 2.85 bits per heavy atom. The van der Waals surface area contributed by atoms with Crippen molar-refractivity contribution in [3.8, 4) is 0 Å². The number of aromatic nitrogens is 2. The summed E-state index contributed by atoms with van der Waals surface area (Å²) in [5.74, 6) is -1.22. The number of amides is 2. The molecular formula is C14H13Cl3N4O4S2. The number of hydrogen-bond acceptors (Lipinski definition) is 8. The van der Waals surface area contributed by atoms with Gasteiger partial charge in [0.1, 0.15) is 18.0 Å². The molecule has 2 aliphatic heterocycles. The van der Waals surface area contributed by atoms with E-state index in [1.807, 2.05) is 6.92 Å². The number of nitrogens with zero attached hydrogens (tertiary/aromatic N) is 3. The van der Waals surface area contributed by atoms with Crippen LogP contribution in [0.3, 0.4) is 0 Å². The Kier molecular flexibility index (Phi) is 4.59. The van der Waals surface area contributed by atoms with Crippen LogP contribution in [-0.2, 0) is 25.5 Å². The first-order chi connectivity index (χ1) is 12.6. The van der Waals surface area contributed by atoms with Gasteiger partial charge in [-0.25, -0.2) is 4.79 Å². The summed E-state index contributed by atoms with van der Waals surface area (Å²) < 4.78 is 10.8. The van der Waals surface area contributed by atoms with Gasteiger partial charge in [0.05, 0.1) is 34.8 Å². The lowest BCUT2D eigenvalue weighted by Gasteiger charge is -2.46. The molecule has 13 heteroatoms. The number of nitrogens with one attached hydrogen (secondary N) is 1. The number of esters is 1. The molecule has 1 N–H and O–H groups in total. The minimum Gasteiger partial charge on any atom is -0.459 e. The normalized spacial score (nSPS) is 33.8. The highest BCUT2D eigenvalue weighted by Gasteiger charge is 2.85. The zero-order chi connectivity index (χ0) is 19.6. The van der Waals surface area contributed by atoms with Crippen molar-refractivity contribution in [2.45, 2.75) is 45.3 Å². The molecule has 1 aromatic heterocycles. The van der Waals surface area contributed by atoms with Crippen LogP contribution in [0.1, 0.15) is 19.0 Å². The third-order valence-electron chi connectivity index (χ3n) is 4.95. The largest absolute Gasteiger partial charge is 0.459 e. The van der Waals surface area contributed by atoms with E-state index in [4.69, 9.17) is 39.5 Å². The number of carbonyl (C=O) groups excluding carboxylic acids is 3. The Hall–Kier alpha value is -0.810. The lowest BCUT2D eigenvalue weighted by atomic mass is 10.0. The number of ether oxygens (including phenoxy) is 1. The Bertz CT molecular complexity index is 820. The van der Waals surface area contributed by atoms with E-state index >= 15 is 0 Å². The van der Waals surface area contributed by atoms with E-state index in [9.17, 15) is 14.4 Å². The van der Waals surface area contributed by atoms with Gasteiger partial charge in [-0.05, 0) is 6.92 Å². The number of alkyl halides is 3. The summed E-state index contributed by atoms with van der Waals surface area (Å²) in [6, 6.07) is -0.684. The van der Waals surface area contributed by atoms with Crippen molar-refractivity contribution in [2.75, 3.05) is 6.61 Å². The SMILES string of the molecule is CC12CC1(C(=O)OCC(Cl)(Cl)Cl)N1C(=O)C(NC(=O)Cc3cnsn3)[C@@H]1S2. The quantitative estimate of drug-likeness (QED) is 0.392. The van der Waals surface area contributed by atoms with Crippen LogP contribution >= 0.6 is 58.3 Å². The van der Waals surface area contributed by atoms with E-state index in [1.54, 1.807) is 0 Å². The van der Waals surface area contributed by atoms with Gasteiger partial charge in [0.15, 0.2) is 5.54 Å². The molecule has 3 heterocycles. The van der Waals surface area contributed by atoms with Crippen LogP contribution in [0.15, 0.2) is 6.20 Å². The Morgan fingerprint density at radius 2 is 2.22 bits per heavy atom. The standard InChI is InChI=1S/C14H13Cl3N4O4S2/c1-12-4-13(12,11(24)25-5-14(15,16)17)21-9(23)8(10(21)26-12)19-7(22)2-6-3-18-27-20-6/h3,8,10H,2,4-5H2,1H3,(H,19,22)/t8?,10-,12?,13?/m0/s1. The molecule has 1 aliphatic carbocycles. The van der Waals surface area contributed by atoms with Crippen molar-refractivity contribution >= 4 is 76.1 Å². The highest BCUT2D eigenvalue weighted by molar-refractivity contribution is 8.02. The van der Waals surface area contributed by atoms with Crippen molar-refractivity contribution in [3.05, 3.63) is 11.9 Å². The Labute approximate surface area is 177 Å². The first-order valence-corrected chi connectivity index (χ1v) is 10.6. The first-order valence-electron chi connectivity index (χ1n) is 7.88. The molecule has 1 saturated carbocycles. The van der Waals surface area contributed by atoms with Crippen LogP contribution in [0, 0.1) is 0 Å². The summed E-state index contributed by atoms with van der Waals surface area (Å²) in [7, 11) is 0. The first kappa shape index (κ1) is 19.5. The Balaban J connectivity index is 1.42. The fourth-order valence-corrected chi connectivity index (χ4v) is 6.12. The van der Waals surface area contributed by atoms with E-state index in [0.717, 1.165) is 11.7 Å². The summed E-state index contributed by atoms with van der Waals surface area (Å²) in [6.45, 7) is 1.49. The number of carbonyl (C=O) groups is 3. The topological polar surface area (TPSA) is 101 Å². The van der Waals surface area contributed by atoms with Crippen molar-refractivity contribution < 1.29 is 19.1 Å². The third kappa shape index (κ3) is 3.09. The van der Waals surface area contributed by atoms with Gasteiger partial charge in [-0.15, -0.1) is 11.8 Å². The maximum Gasteiger partial charge on any atom is 0.333 e. The number of fused-ring (bicyclic) bond motifs is 3. The number of halogens is 3. The Morgan fingerprint density at radius 1 is 1.48 bits per heavy atom. The molecule has 8 nitrogen and oxygen atoms in total. The molecule has 1 aromatic rings. The van der Waals surface area contributed by atoms with E-state index in [-0.39, 0.29) is 23.6 Å². The van der Waals surface area contributed by atoms with Gasteiger partial charge in [-0.1, -0.05) is 34.8 Å². The van der Waals surface area contributed by atoms with Gasteiger partial charge in [0.25, 0.3) is 0 Å². The van der Waals surface area contributed by atoms with E-state index in [2.05, 4.69) is 14.1 Å². The monoisotopic (exact) mass is 470 g/mol. The summed E-state index contributed by atoms with van der Waals surface area (Å²) in [4.78, 5) is 38.9. The van der Waals surface area contributed by atoms with Gasteiger partial charge >= 0.3 is 5.97 Å². The van der Waals surface area contributed by atoms with Crippen molar-refractivity contribution in [1.29, 1.82) is 0 Å². The summed E-state index contributed by atoms with van der Waals surface area (Å²) in [5.41, 5.74) is -0.517. The third-order valence-corrected chi connectivity index (χ3v) is 7.52. The molecule has 27 heavy (non-hydrogen) atoms. The van der Waals surface area contributed by atoms with Crippen LogP contribution in [0.25, 0.3) is 0 Å². The zero-order valence-electron chi connectivity index (χ0n) is 13.8. The van der Waals surface area contributed by atoms with Gasteiger partial charge in [0, 0.05) is 6.42 Å². The van der Waals surface area contributed by atoms with E-state index in [1.165, 1.54) is 22.9 Å². The average Bonchev–Trinajstić information content (AvgIpc) is 2.89. The van der Waals surface area contributed by atoms with Crippen LogP contribution in [0.2, 0.25) is 0 Å². The van der Waals surface area contributed by atoms with Gasteiger partial charge in [-0.2, -0.15) is 8.75 Å². The predicted octanol–water partition coefficient (Wildman–Crippen LogP) is 1.30. The highest BCUT2D eigenvalue weighted by Crippen LogP contribution is 2.72. The lowest BCUT2D eigenvalue weighted by molar-refractivity contribution is -0.166. The van der Waals surface area contributed by atoms with Crippen LogP contribution in [-0.4, -0.2) is 63.5 Å². The molecule has 3 fully saturated rings. The molecule has 3 unspecified atom stereocenters. The minimum atomic E-state index is -1.72. The zero-order valence-corrected chi connectivity index (χ0v) is 17.7. The molecule has 0 bridgehead atoms. The maximum absolute atomic E-state index is 12.7. The van der Waals surface area contributed by atoms with E-state index < -0.39 is 32.7 Å². The molecule has 4 rings (SSSR count). The molecule has 0 radical (unpaired) electrons. The second-order valence-corrected chi connectivity index (χ2v) is 11.5. The summed E-state index contributed by atoms with van der Waals surface area (Å²) >= 11 is 19.4. The smallest absolute Gasteiger partial charge is 0.333 e. The van der Waals surface area contributed by atoms with E-state index in [0.29, 0.717) is 12.1 Å². The lowest BCUT2D eigenvalue weighted by Crippen LogP contribution is -2.72. The molecule has 3 aliphatic rings. The highest BCUT2D eigenvalue weighted by atomic mass is 35.6. The van der Waals surface area contributed by atoms with Crippen LogP contribution < -0.4 is 5.32 Å².